The largest absolute Gasteiger partial charge is 0.435 e. The Bertz CT molecular complexity index is 965. The summed E-state index contributed by atoms with van der Waals surface area (Å²) in [6, 6.07) is 6.29. The fourth-order valence-corrected chi connectivity index (χ4v) is 6.06. The van der Waals surface area contributed by atoms with E-state index < -0.39 is 6.61 Å². The number of carbonyl (C=O) groups is 1. The highest BCUT2D eigenvalue weighted by atomic mass is 32.2. The summed E-state index contributed by atoms with van der Waals surface area (Å²) in [4.78, 5) is 15.0. The van der Waals surface area contributed by atoms with Gasteiger partial charge in [0.2, 0.25) is 11.1 Å². The summed E-state index contributed by atoms with van der Waals surface area (Å²) >= 11 is 1.25. The number of amides is 1. The van der Waals surface area contributed by atoms with Gasteiger partial charge in [0.05, 0.1) is 5.75 Å². The van der Waals surface area contributed by atoms with Gasteiger partial charge in [0.15, 0.2) is 5.82 Å². The highest BCUT2D eigenvalue weighted by molar-refractivity contribution is 7.99. The highest BCUT2D eigenvalue weighted by Crippen LogP contribution is 2.52. The summed E-state index contributed by atoms with van der Waals surface area (Å²) in [5.41, 5.74) is 1.05. The number of fused-ring (bicyclic) bond motifs is 2. The van der Waals surface area contributed by atoms with E-state index in [1.165, 1.54) is 28.6 Å². The summed E-state index contributed by atoms with van der Waals surface area (Å²) in [5, 5.41) is 8.60. The van der Waals surface area contributed by atoms with Crippen molar-refractivity contribution in [3.05, 3.63) is 24.3 Å². The number of benzene rings is 1. The second-order valence-corrected chi connectivity index (χ2v) is 10.5. The number of hydrogen-bond donors (Lipinski definition) is 1. The predicted molar refractivity (Wildman–Crippen MR) is 114 cm³/mol. The first-order chi connectivity index (χ1) is 14.6. The number of carbonyl (C=O) groups excluding carboxylic acids is 1. The van der Waals surface area contributed by atoms with Crippen LogP contribution in [0.15, 0.2) is 29.4 Å². The van der Waals surface area contributed by atoms with Crippen molar-refractivity contribution in [3.8, 4) is 17.1 Å². The first kappa shape index (κ1) is 21.9. The lowest BCUT2D eigenvalue weighted by Gasteiger charge is -2.39. The van der Waals surface area contributed by atoms with Crippen molar-refractivity contribution in [2.75, 3.05) is 18.1 Å². The quantitative estimate of drug-likeness (QED) is 0.531. The van der Waals surface area contributed by atoms with Crippen molar-refractivity contribution in [1.82, 2.24) is 19.8 Å². The number of hydrogen-bond acceptors (Lipinski definition) is 6. The van der Waals surface area contributed by atoms with Crippen molar-refractivity contribution in [3.63, 3.8) is 0 Å². The van der Waals surface area contributed by atoms with Gasteiger partial charge in [-0.25, -0.2) is 4.68 Å². The highest BCUT2D eigenvalue weighted by Gasteiger charge is 2.50. The third-order valence-corrected chi connectivity index (χ3v) is 6.99. The maximum Gasteiger partial charge on any atom is 0.387 e. The molecule has 1 aromatic heterocycles. The van der Waals surface area contributed by atoms with Crippen LogP contribution in [0.3, 0.4) is 0 Å². The fraction of sp³-hybridized carbons (Fsp3) is 0.571. The second-order valence-electron chi connectivity index (χ2n) is 9.60. The van der Waals surface area contributed by atoms with Crippen molar-refractivity contribution < 1.29 is 18.3 Å². The van der Waals surface area contributed by atoms with Crippen LogP contribution in [0.1, 0.15) is 40.0 Å². The summed E-state index contributed by atoms with van der Waals surface area (Å²) < 4.78 is 30.3. The summed E-state index contributed by atoms with van der Waals surface area (Å²) in [6.07, 6.45) is 3.23. The Labute approximate surface area is 184 Å². The van der Waals surface area contributed by atoms with Crippen LogP contribution >= 0.6 is 11.8 Å². The van der Waals surface area contributed by atoms with Crippen LogP contribution in [0.25, 0.3) is 11.4 Å². The molecule has 1 aliphatic heterocycles. The molecule has 0 spiro atoms. The van der Waals surface area contributed by atoms with Crippen molar-refractivity contribution in [2.45, 2.75) is 57.8 Å². The van der Waals surface area contributed by atoms with Gasteiger partial charge in [0.1, 0.15) is 5.75 Å². The predicted octanol–water partition coefficient (Wildman–Crippen LogP) is 3.78. The van der Waals surface area contributed by atoms with Crippen LogP contribution in [0.4, 0.5) is 8.78 Å². The SMILES string of the molecule is CC1(C)C[C@H]2C[C@@](C)(CN2C(=O)CSc2nnc(-c3ccc(OC(F)F)cc3)n2N)C1. The van der Waals surface area contributed by atoms with E-state index in [-0.39, 0.29) is 28.2 Å². The monoisotopic (exact) mass is 451 g/mol. The maximum atomic E-state index is 13.0. The van der Waals surface area contributed by atoms with Crippen LogP contribution in [-0.2, 0) is 4.79 Å². The zero-order valence-electron chi connectivity index (χ0n) is 17.8. The first-order valence-corrected chi connectivity index (χ1v) is 11.2. The Morgan fingerprint density at radius 3 is 2.65 bits per heavy atom. The Morgan fingerprint density at radius 2 is 1.97 bits per heavy atom. The number of halogens is 2. The topological polar surface area (TPSA) is 86.3 Å². The minimum atomic E-state index is -2.88. The molecule has 1 aliphatic carbocycles. The zero-order valence-corrected chi connectivity index (χ0v) is 18.7. The van der Waals surface area contributed by atoms with E-state index in [4.69, 9.17) is 5.84 Å². The molecule has 1 amide bonds. The third kappa shape index (κ3) is 4.63. The lowest BCUT2D eigenvalue weighted by molar-refractivity contribution is -0.129. The standard InChI is InChI=1S/C21H27F2N5O2S/c1-20(2)8-14-9-21(3,11-20)12-27(14)16(29)10-31-19-26-25-17(28(19)24)13-4-6-15(7-5-13)30-18(22)23/h4-7,14,18H,8-12,24H2,1-3H3/t14-,21+/m0/s1. The molecular formula is C21H27F2N5O2S. The lowest BCUT2D eigenvalue weighted by Crippen LogP contribution is -2.38. The van der Waals surface area contributed by atoms with Crippen LogP contribution in [-0.4, -0.2) is 50.6 Å². The number of rotatable bonds is 6. The van der Waals surface area contributed by atoms with Gasteiger partial charge < -0.3 is 15.5 Å². The molecule has 0 unspecified atom stereocenters. The van der Waals surface area contributed by atoms with Gasteiger partial charge in [0, 0.05) is 18.2 Å². The molecule has 2 N–H and O–H groups in total. The Morgan fingerprint density at radius 1 is 1.26 bits per heavy atom. The maximum absolute atomic E-state index is 13.0. The van der Waals surface area contributed by atoms with Gasteiger partial charge in [-0.3, -0.25) is 4.79 Å². The molecule has 0 radical (unpaired) electrons. The Kier molecular flexibility index (Phi) is 5.61. The Balaban J connectivity index is 1.40. The zero-order chi connectivity index (χ0) is 22.4. The molecule has 1 saturated carbocycles. The van der Waals surface area contributed by atoms with E-state index in [1.807, 2.05) is 4.90 Å². The fourth-order valence-electron chi connectivity index (χ4n) is 5.32. The number of likely N-dealkylation sites (tertiary alicyclic amines) is 1. The molecule has 7 nitrogen and oxygen atoms in total. The minimum Gasteiger partial charge on any atom is -0.435 e. The van der Waals surface area contributed by atoms with Gasteiger partial charge in [0.25, 0.3) is 0 Å². The molecule has 2 heterocycles. The van der Waals surface area contributed by atoms with Gasteiger partial charge in [-0.15, -0.1) is 10.2 Å². The third-order valence-electron chi connectivity index (χ3n) is 6.06. The Hall–Kier alpha value is -2.36. The number of aromatic nitrogens is 3. The minimum absolute atomic E-state index is 0.0507. The van der Waals surface area contributed by atoms with Crippen LogP contribution in [0, 0.1) is 10.8 Å². The number of nitrogens with zero attached hydrogens (tertiary/aromatic N) is 4. The molecular weight excluding hydrogens is 424 g/mol. The van der Waals surface area contributed by atoms with Crippen molar-refractivity contribution in [1.29, 1.82) is 0 Å². The van der Waals surface area contributed by atoms with E-state index in [9.17, 15) is 13.6 Å². The number of nitrogen functional groups attached to an aromatic ring is 1. The molecule has 2 bridgehead atoms. The summed E-state index contributed by atoms with van der Waals surface area (Å²) in [6.45, 7) is 4.76. The van der Waals surface area contributed by atoms with Crippen LogP contribution in [0.2, 0.25) is 0 Å². The normalized spacial score (nSPS) is 24.6. The smallest absolute Gasteiger partial charge is 0.387 e. The molecule has 4 rings (SSSR count). The number of ether oxygens (including phenoxy) is 1. The molecule has 10 heteroatoms. The van der Waals surface area contributed by atoms with Gasteiger partial charge in [-0.2, -0.15) is 8.78 Å². The van der Waals surface area contributed by atoms with E-state index in [0.717, 1.165) is 25.8 Å². The van der Waals surface area contributed by atoms with E-state index >= 15 is 0 Å². The lowest BCUT2D eigenvalue weighted by atomic mass is 9.65. The molecule has 2 aromatic rings. The molecule has 2 aliphatic rings. The molecule has 1 saturated heterocycles. The molecule has 2 atom stereocenters. The summed E-state index contributed by atoms with van der Waals surface area (Å²) in [5.74, 6) is 6.89. The van der Waals surface area contributed by atoms with Gasteiger partial charge >= 0.3 is 6.61 Å². The van der Waals surface area contributed by atoms with Crippen molar-refractivity contribution >= 4 is 17.7 Å². The average molecular weight is 452 g/mol. The molecule has 1 aromatic carbocycles. The van der Waals surface area contributed by atoms with Gasteiger partial charge in [-0.1, -0.05) is 32.5 Å². The molecule has 168 valence electrons. The first-order valence-electron chi connectivity index (χ1n) is 10.2. The molecule has 31 heavy (non-hydrogen) atoms. The number of nitrogens with two attached hydrogens (primary N) is 1. The number of alkyl halides is 2. The van der Waals surface area contributed by atoms with E-state index in [0.29, 0.717) is 22.6 Å². The average Bonchev–Trinajstić information content (AvgIpc) is 3.15. The van der Waals surface area contributed by atoms with Crippen LogP contribution in [0.5, 0.6) is 5.75 Å². The number of thioether (sulfide) groups is 1. The van der Waals surface area contributed by atoms with E-state index in [2.05, 4.69) is 35.7 Å². The second kappa shape index (κ2) is 7.96. The van der Waals surface area contributed by atoms with Crippen LogP contribution < -0.4 is 10.6 Å². The van der Waals surface area contributed by atoms with E-state index in [1.54, 1.807) is 12.1 Å². The van der Waals surface area contributed by atoms with Gasteiger partial charge in [-0.05, 0) is 54.4 Å². The summed E-state index contributed by atoms with van der Waals surface area (Å²) in [7, 11) is 0. The van der Waals surface area contributed by atoms with Crippen molar-refractivity contribution in [2.24, 2.45) is 10.8 Å². The molecule has 2 fully saturated rings.